The summed E-state index contributed by atoms with van der Waals surface area (Å²) >= 11 is 1.60. The van der Waals surface area contributed by atoms with E-state index in [0.717, 1.165) is 39.7 Å². The first-order chi connectivity index (χ1) is 9.48. The number of fused-ring (bicyclic) bond motifs is 1. The maximum atomic E-state index is 10.3. The predicted molar refractivity (Wildman–Crippen MR) is 81.2 cm³/mol. The third-order valence-corrected chi connectivity index (χ3v) is 4.99. The van der Waals surface area contributed by atoms with Crippen molar-refractivity contribution in [2.75, 3.05) is 7.11 Å². The van der Waals surface area contributed by atoms with E-state index < -0.39 is 0 Å². The molecule has 0 aliphatic heterocycles. The number of aliphatic hydroxyl groups excluding tert-OH is 1. The Hall–Kier alpha value is -1.39. The summed E-state index contributed by atoms with van der Waals surface area (Å²) in [5.41, 5.74) is 2.22. The van der Waals surface area contributed by atoms with E-state index in [-0.39, 0.29) is 11.5 Å². The van der Waals surface area contributed by atoms with Crippen LogP contribution in [0.5, 0.6) is 5.75 Å². The van der Waals surface area contributed by atoms with E-state index in [1.165, 1.54) is 0 Å². The molecule has 1 atom stereocenters. The van der Waals surface area contributed by atoms with E-state index in [9.17, 15) is 5.11 Å². The van der Waals surface area contributed by atoms with Crippen LogP contribution in [-0.2, 0) is 6.42 Å². The number of hydrogen-bond donors (Lipinski definition) is 1. The highest BCUT2D eigenvalue weighted by Crippen LogP contribution is 2.44. The molecule has 0 bridgehead atoms. The molecule has 0 saturated carbocycles. The minimum atomic E-state index is -0.384. The number of ether oxygens (including phenoxy) is 1. The van der Waals surface area contributed by atoms with E-state index >= 15 is 0 Å². The van der Waals surface area contributed by atoms with Crippen LogP contribution in [0.15, 0.2) is 24.3 Å². The summed E-state index contributed by atoms with van der Waals surface area (Å²) in [6.07, 6.45) is 1.35. The molecule has 3 rings (SSSR count). The topological polar surface area (TPSA) is 42.4 Å². The number of hydrogen-bond acceptors (Lipinski definition) is 4. The van der Waals surface area contributed by atoms with Gasteiger partial charge < -0.3 is 9.84 Å². The SMILES string of the molecule is COc1cccc(-c2nc3c(s2)C(O)CC(C)(C)C3)c1. The monoisotopic (exact) mass is 289 g/mol. The maximum Gasteiger partial charge on any atom is 0.124 e. The number of nitrogens with zero attached hydrogens (tertiary/aromatic N) is 1. The largest absolute Gasteiger partial charge is 0.497 e. The molecule has 3 nitrogen and oxygen atoms in total. The van der Waals surface area contributed by atoms with Crippen molar-refractivity contribution in [1.29, 1.82) is 0 Å². The number of thiazole rings is 1. The molecule has 4 heteroatoms. The molecular weight excluding hydrogens is 270 g/mol. The Bertz CT molecular complexity index is 633. The first-order valence-corrected chi connectivity index (χ1v) is 7.62. The summed E-state index contributed by atoms with van der Waals surface area (Å²) in [4.78, 5) is 5.78. The van der Waals surface area contributed by atoms with Crippen molar-refractivity contribution in [2.24, 2.45) is 5.41 Å². The highest BCUT2D eigenvalue weighted by atomic mass is 32.1. The molecule has 20 heavy (non-hydrogen) atoms. The van der Waals surface area contributed by atoms with Gasteiger partial charge in [0.25, 0.3) is 0 Å². The Morgan fingerprint density at radius 2 is 2.20 bits per heavy atom. The van der Waals surface area contributed by atoms with Crippen molar-refractivity contribution in [3.05, 3.63) is 34.8 Å². The maximum absolute atomic E-state index is 10.3. The second kappa shape index (κ2) is 4.86. The summed E-state index contributed by atoms with van der Waals surface area (Å²) in [5.74, 6) is 0.830. The second-order valence-electron chi connectivity index (χ2n) is 6.12. The number of rotatable bonds is 2. The molecule has 1 unspecified atom stereocenters. The highest BCUT2D eigenvalue weighted by Gasteiger charge is 2.34. The second-order valence-corrected chi connectivity index (χ2v) is 7.15. The van der Waals surface area contributed by atoms with Crippen molar-refractivity contribution in [2.45, 2.75) is 32.8 Å². The lowest BCUT2D eigenvalue weighted by atomic mass is 9.77. The summed E-state index contributed by atoms with van der Waals surface area (Å²) in [7, 11) is 1.66. The van der Waals surface area contributed by atoms with E-state index in [0.29, 0.717) is 0 Å². The van der Waals surface area contributed by atoms with Gasteiger partial charge in [0.15, 0.2) is 0 Å². The Morgan fingerprint density at radius 1 is 1.40 bits per heavy atom. The average molecular weight is 289 g/mol. The van der Waals surface area contributed by atoms with Crippen molar-refractivity contribution < 1.29 is 9.84 Å². The molecule has 106 valence electrons. The smallest absolute Gasteiger partial charge is 0.124 e. The van der Waals surface area contributed by atoms with Gasteiger partial charge >= 0.3 is 0 Å². The molecular formula is C16H19NO2S. The van der Waals surface area contributed by atoms with Crippen molar-refractivity contribution in [1.82, 2.24) is 4.98 Å². The first-order valence-electron chi connectivity index (χ1n) is 6.80. The van der Waals surface area contributed by atoms with Crippen molar-refractivity contribution in [3.63, 3.8) is 0 Å². The molecule has 2 aromatic rings. The van der Waals surface area contributed by atoms with E-state index in [1.807, 2.05) is 24.3 Å². The fourth-order valence-corrected chi connectivity index (χ4v) is 3.84. The zero-order valence-electron chi connectivity index (χ0n) is 12.0. The van der Waals surface area contributed by atoms with Crippen LogP contribution in [-0.4, -0.2) is 17.2 Å². The standard InChI is InChI=1S/C16H19NO2S/c1-16(2)8-12-14(13(18)9-16)20-15(17-12)10-5-4-6-11(7-10)19-3/h4-7,13,18H,8-9H2,1-3H3. The van der Waals surface area contributed by atoms with Gasteiger partial charge in [-0.25, -0.2) is 4.98 Å². The predicted octanol–water partition coefficient (Wildman–Crippen LogP) is 3.82. The molecule has 1 aromatic carbocycles. The summed E-state index contributed by atoms with van der Waals surface area (Å²) < 4.78 is 5.26. The lowest BCUT2D eigenvalue weighted by Crippen LogP contribution is -2.24. The van der Waals surface area contributed by atoms with Crippen LogP contribution < -0.4 is 4.74 Å². The summed E-state index contributed by atoms with van der Waals surface area (Å²) in [6.45, 7) is 4.37. The average Bonchev–Trinajstić information content (AvgIpc) is 2.81. The lowest BCUT2D eigenvalue weighted by molar-refractivity contribution is 0.102. The number of methoxy groups -OCH3 is 1. The van der Waals surface area contributed by atoms with Gasteiger partial charge in [-0.2, -0.15) is 0 Å². The molecule has 1 aromatic heterocycles. The normalized spacial score (nSPS) is 20.5. The van der Waals surface area contributed by atoms with Crippen LogP contribution >= 0.6 is 11.3 Å². The van der Waals surface area contributed by atoms with Gasteiger partial charge in [-0.1, -0.05) is 26.0 Å². The van der Waals surface area contributed by atoms with Crippen LogP contribution in [0.25, 0.3) is 10.6 Å². The molecule has 1 heterocycles. The van der Waals surface area contributed by atoms with Crippen molar-refractivity contribution >= 4 is 11.3 Å². The van der Waals surface area contributed by atoms with E-state index in [2.05, 4.69) is 13.8 Å². The highest BCUT2D eigenvalue weighted by molar-refractivity contribution is 7.15. The first kappa shape index (κ1) is 13.6. The van der Waals surface area contributed by atoms with Crippen LogP contribution in [0.2, 0.25) is 0 Å². The Balaban J connectivity index is 2.01. The van der Waals surface area contributed by atoms with Crippen LogP contribution in [0.4, 0.5) is 0 Å². The summed E-state index contributed by atoms with van der Waals surface area (Å²) in [6, 6.07) is 7.91. The zero-order chi connectivity index (χ0) is 14.3. The number of benzene rings is 1. The van der Waals surface area contributed by atoms with E-state index in [1.54, 1.807) is 18.4 Å². The summed E-state index contributed by atoms with van der Waals surface area (Å²) in [5, 5.41) is 11.3. The number of aliphatic hydroxyl groups is 1. The third-order valence-electron chi connectivity index (χ3n) is 3.74. The lowest BCUT2D eigenvalue weighted by Gasteiger charge is -2.31. The molecule has 0 spiro atoms. The molecule has 1 aliphatic rings. The Labute approximate surface area is 123 Å². The fourth-order valence-electron chi connectivity index (χ4n) is 2.77. The third kappa shape index (κ3) is 2.45. The molecule has 1 N–H and O–H groups in total. The molecule has 0 fully saturated rings. The van der Waals surface area contributed by atoms with Crippen LogP contribution in [0.3, 0.4) is 0 Å². The van der Waals surface area contributed by atoms with Gasteiger partial charge in [0, 0.05) is 5.56 Å². The quantitative estimate of drug-likeness (QED) is 0.913. The van der Waals surface area contributed by atoms with Gasteiger partial charge in [-0.05, 0) is 30.4 Å². The van der Waals surface area contributed by atoms with Crippen molar-refractivity contribution in [3.8, 4) is 16.3 Å². The molecule has 1 aliphatic carbocycles. The van der Waals surface area contributed by atoms with Gasteiger partial charge in [0.1, 0.15) is 10.8 Å². The fraction of sp³-hybridized carbons (Fsp3) is 0.438. The zero-order valence-corrected chi connectivity index (χ0v) is 12.8. The van der Waals surface area contributed by atoms with E-state index in [4.69, 9.17) is 9.72 Å². The van der Waals surface area contributed by atoms with Crippen LogP contribution in [0.1, 0.15) is 36.9 Å². The van der Waals surface area contributed by atoms with Crippen LogP contribution in [0, 0.1) is 5.41 Å². The molecule has 0 radical (unpaired) electrons. The Kier molecular flexibility index (Phi) is 3.30. The Morgan fingerprint density at radius 3 is 2.95 bits per heavy atom. The molecule has 0 amide bonds. The van der Waals surface area contributed by atoms with Gasteiger partial charge in [-0.15, -0.1) is 11.3 Å². The van der Waals surface area contributed by atoms with Gasteiger partial charge in [0.2, 0.25) is 0 Å². The van der Waals surface area contributed by atoms with Gasteiger partial charge in [-0.3, -0.25) is 0 Å². The minimum absolute atomic E-state index is 0.117. The minimum Gasteiger partial charge on any atom is -0.497 e. The van der Waals surface area contributed by atoms with Gasteiger partial charge in [0.05, 0.1) is 23.8 Å². The number of aromatic nitrogens is 1. The molecule has 0 saturated heterocycles.